The fourth-order valence-corrected chi connectivity index (χ4v) is 5.71. The highest BCUT2D eigenvalue weighted by Crippen LogP contribution is 2.79. The van der Waals surface area contributed by atoms with E-state index in [9.17, 15) is 15.0 Å². The number of aldehydes is 1. The molecule has 4 aliphatic rings. The van der Waals surface area contributed by atoms with Gasteiger partial charge in [-0.05, 0) is 12.8 Å². The highest BCUT2D eigenvalue weighted by molar-refractivity contribution is 5.55. The lowest BCUT2D eigenvalue weighted by molar-refractivity contribution is -0.430. The largest absolute Gasteiger partial charge is 0.388 e. The monoisotopic (exact) mass is 282 g/mol. The van der Waals surface area contributed by atoms with Crippen LogP contribution in [0.2, 0.25) is 0 Å². The fraction of sp³-hybridized carbons (Fsp3) is 0.933. The van der Waals surface area contributed by atoms with Gasteiger partial charge in [0.25, 0.3) is 0 Å². The van der Waals surface area contributed by atoms with Crippen LogP contribution in [0.1, 0.15) is 40.0 Å². The van der Waals surface area contributed by atoms with Crippen molar-refractivity contribution in [2.24, 2.45) is 16.2 Å². The first-order valence-corrected chi connectivity index (χ1v) is 7.39. The lowest BCUT2D eigenvalue weighted by Gasteiger charge is -2.70. The predicted octanol–water partition coefficient (Wildman–Crippen LogP) is 0.619. The summed E-state index contributed by atoms with van der Waals surface area (Å²) < 4.78 is 11.6. The van der Waals surface area contributed by atoms with E-state index in [0.717, 1.165) is 12.7 Å². The van der Waals surface area contributed by atoms with Crippen molar-refractivity contribution >= 4 is 6.29 Å². The van der Waals surface area contributed by atoms with E-state index in [-0.39, 0.29) is 12.5 Å². The van der Waals surface area contributed by atoms with Crippen LogP contribution in [0, 0.1) is 16.2 Å². The van der Waals surface area contributed by atoms with E-state index in [2.05, 4.69) is 0 Å². The van der Waals surface area contributed by atoms with Crippen LogP contribution in [0.15, 0.2) is 0 Å². The van der Waals surface area contributed by atoms with Gasteiger partial charge in [-0.1, -0.05) is 20.8 Å². The van der Waals surface area contributed by atoms with Gasteiger partial charge in [0.05, 0.1) is 23.7 Å². The second kappa shape index (κ2) is 3.14. The maximum atomic E-state index is 11.6. The first-order valence-electron chi connectivity index (χ1n) is 7.39. The van der Waals surface area contributed by atoms with E-state index in [1.165, 1.54) is 0 Å². The number of fused-ring (bicyclic) bond motifs is 4. The molecule has 2 saturated heterocycles. The predicted molar refractivity (Wildman–Crippen MR) is 68.7 cm³/mol. The Kier molecular flexibility index (Phi) is 2.07. The summed E-state index contributed by atoms with van der Waals surface area (Å²) in [6, 6.07) is 0. The molecule has 2 saturated carbocycles. The van der Waals surface area contributed by atoms with Gasteiger partial charge in [0.2, 0.25) is 0 Å². The maximum absolute atomic E-state index is 11.6. The number of aliphatic hydroxyl groups is 2. The number of rotatable bonds is 2. The second-order valence-corrected chi connectivity index (χ2v) is 7.76. The molecule has 4 fully saturated rings. The third kappa shape index (κ3) is 0.860. The van der Waals surface area contributed by atoms with Gasteiger partial charge in [0.1, 0.15) is 12.4 Å². The number of hydrogen-bond donors (Lipinski definition) is 2. The molecule has 0 spiro atoms. The molecule has 0 aromatic heterocycles. The molecule has 2 heterocycles. The SMILES string of the molecule is CC1(C)C2(O)OCC1(C)C1(O)CCC3OC2C31CC=O. The van der Waals surface area contributed by atoms with Crippen LogP contribution in [-0.2, 0) is 14.3 Å². The summed E-state index contributed by atoms with van der Waals surface area (Å²) in [5.41, 5.74) is -2.95. The van der Waals surface area contributed by atoms with Crippen LogP contribution in [0.4, 0.5) is 0 Å². The quantitative estimate of drug-likeness (QED) is 0.726. The molecule has 6 atom stereocenters. The summed E-state index contributed by atoms with van der Waals surface area (Å²) >= 11 is 0. The Bertz CT molecular complexity index is 504. The lowest BCUT2D eigenvalue weighted by atomic mass is 9.41. The van der Waals surface area contributed by atoms with Gasteiger partial charge < -0.3 is 24.5 Å². The molecule has 20 heavy (non-hydrogen) atoms. The number of hydrogen-bond acceptors (Lipinski definition) is 5. The highest BCUT2D eigenvalue weighted by Gasteiger charge is 2.90. The molecule has 2 bridgehead atoms. The van der Waals surface area contributed by atoms with Gasteiger partial charge in [0, 0.05) is 17.3 Å². The Morgan fingerprint density at radius 1 is 1.30 bits per heavy atom. The Labute approximate surface area is 118 Å². The zero-order valence-corrected chi connectivity index (χ0v) is 12.2. The summed E-state index contributed by atoms with van der Waals surface area (Å²) in [5.74, 6) is -1.43. The molecule has 0 aromatic carbocycles. The Balaban J connectivity index is 1.99. The minimum Gasteiger partial charge on any atom is -0.388 e. The number of carbonyl (C=O) groups excluding carboxylic acids is 1. The first-order chi connectivity index (χ1) is 9.21. The minimum atomic E-state index is -1.43. The van der Waals surface area contributed by atoms with Crippen molar-refractivity contribution in [2.75, 3.05) is 6.61 Å². The number of carbonyl (C=O) groups is 1. The molecular weight excluding hydrogens is 260 g/mol. The van der Waals surface area contributed by atoms with E-state index in [1.807, 2.05) is 20.8 Å². The molecule has 6 unspecified atom stereocenters. The second-order valence-electron chi connectivity index (χ2n) is 7.76. The molecule has 0 aromatic rings. The molecule has 2 N–H and O–H groups in total. The van der Waals surface area contributed by atoms with Crippen molar-refractivity contribution in [1.29, 1.82) is 0 Å². The summed E-state index contributed by atoms with van der Waals surface area (Å²) in [7, 11) is 0. The topological polar surface area (TPSA) is 76.0 Å². The highest BCUT2D eigenvalue weighted by atomic mass is 16.7. The first kappa shape index (κ1) is 13.2. The third-order valence-electron chi connectivity index (χ3n) is 7.43. The molecule has 4 rings (SSSR count). The molecular formula is C15H22O5. The Morgan fingerprint density at radius 3 is 2.65 bits per heavy atom. The molecule has 2 aliphatic heterocycles. The van der Waals surface area contributed by atoms with Crippen LogP contribution >= 0.6 is 0 Å². The molecule has 5 heteroatoms. The average Bonchev–Trinajstić information content (AvgIpc) is 2.67. The van der Waals surface area contributed by atoms with Crippen molar-refractivity contribution in [3.05, 3.63) is 0 Å². The summed E-state index contributed by atoms with van der Waals surface area (Å²) in [6.45, 7) is 6.13. The fourth-order valence-electron chi connectivity index (χ4n) is 5.71. The summed E-state index contributed by atoms with van der Waals surface area (Å²) in [4.78, 5) is 11.2. The van der Waals surface area contributed by atoms with E-state index in [0.29, 0.717) is 13.0 Å². The van der Waals surface area contributed by atoms with Crippen LogP contribution in [0.25, 0.3) is 0 Å². The maximum Gasteiger partial charge on any atom is 0.199 e. The summed E-state index contributed by atoms with van der Waals surface area (Å²) in [6.07, 6.45) is 1.64. The van der Waals surface area contributed by atoms with E-state index in [1.54, 1.807) is 0 Å². The number of ether oxygens (including phenoxy) is 2. The summed E-state index contributed by atoms with van der Waals surface area (Å²) in [5, 5.41) is 22.7. The van der Waals surface area contributed by atoms with E-state index in [4.69, 9.17) is 9.47 Å². The molecule has 5 nitrogen and oxygen atoms in total. The molecule has 112 valence electrons. The van der Waals surface area contributed by atoms with Crippen molar-refractivity contribution in [2.45, 2.75) is 63.6 Å². The smallest absolute Gasteiger partial charge is 0.199 e. The van der Waals surface area contributed by atoms with Gasteiger partial charge in [-0.15, -0.1) is 0 Å². The van der Waals surface area contributed by atoms with Gasteiger partial charge in [-0.25, -0.2) is 0 Å². The Hall–Kier alpha value is -0.490. The molecule has 0 amide bonds. The van der Waals surface area contributed by atoms with Gasteiger partial charge >= 0.3 is 0 Å². The zero-order valence-electron chi connectivity index (χ0n) is 12.2. The third-order valence-corrected chi connectivity index (χ3v) is 7.43. The molecule has 0 radical (unpaired) electrons. The van der Waals surface area contributed by atoms with Crippen molar-refractivity contribution < 1.29 is 24.5 Å². The van der Waals surface area contributed by atoms with Crippen LogP contribution in [0.3, 0.4) is 0 Å². The average molecular weight is 282 g/mol. The standard InChI is InChI=1S/C15H22O5/c1-11(2)12(3)8-19-15(11,18)10-13(6-7-16)9(20-10)4-5-14(12,13)17/h7,9-10,17-18H,4-6,8H2,1-3H3. The van der Waals surface area contributed by atoms with Crippen LogP contribution < -0.4 is 0 Å². The normalized spacial score (nSPS) is 61.9. The van der Waals surface area contributed by atoms with Crippen LogP contribution in [-0.4, -0.2) is 46.7 Å². The zero-order chi connectivity index (χ0) is 14.6. The van der Waals surface area contributed by atoms with Crippen LogP contribution in [0.5, 0.6) is 0 Å². The van der Waals surface area contributed by atoms with Gasteiger partial charge in [0.15, 0.2) is 5.79 Å². The lowest BCUT2D eigenvalue weighted by Crippen LogP contribution is -2.83. The minimum absolute atomic E-state index is 0.147. The molecule has 2 aliphatic carbocycles. The Morgan fingerprint density at radius 2 is 2.00 bits per heavy atom. The van der Waals surface area contributed by atoms with Gasteiger partial charge in [-0.3, -0.25) is 0 Å². The van der Waals surface area contributed by atoms with E-state index >= 15 is 0 Å². The van der Waals surface area contributed by atoms with Crippen molar-refractivity contribution in [1.82, 2.24) is 0 Å². The van der Waals surface area contributed by atoms with Crippen molar-refractivity contribution in [3.8, 4) is 0 Å². The van der Waals surface area contributed by atoms with Gasteiger partial charge in [-0.2, -0.15) is 0 Å². The van der Waals surface area contributed by atoms with Crippen molar-refractivity contribution in [3.63, 3.8) is 0 Å². The van der Waals surface area contributed by atoms with E-state index < -0.39 is 33.7 Å².